The molecule has 0 unspecified atom stereocenters. The molecule has 0 spiro atoms. The van der Waals surface area contributed by atoms with E-state index in [1.165, 1.54) is 5.56 Å². The largest absolute Gasteiger partial charge is 0.305 e. The first kappa shape index (κ1) is 15.0. The standard InChI is InChI=1S/C9H13N.C2H6.ClH/c1-10(2)8-9-6-4-3-5-7-9;1-2;/h3-7H,8H2,1-2H3;1-2H3;1H. The van der Waals surface area contributed by atoms with Crippen molar-refractivity contribution in [2.24, 2.45) is 0 Å². The summed E-state index contributed by atoms with van der Waals surface area (Å²) in [6, 6.07) is 10.5. The van der Waals surface area contributed by atoms with E-state index in [1.54, 1.807) is 0 Å². The topological polar surface area (TPSA) is 3.24 Å². The molecule has 1 aromatic carbocycles. The Morgan fingerprint density at radius 3 is 1.85 bits per heavy atom. The molecule has 0 saturated carbocycles. The minimum Gasteiger partial charge on any atom is -0.305 e. The van der Waals surface area contributed by atoms with Crippen molar-refractivity contribution in [3.05, 3.63) is 35.9 Å². The van der Waals surface area contributed by atoms with E-state index in [2.05, 4.69) is 43.3 Å². The fourth-order valence-corrected chi connectivity index (χ4v) is 0.949. The van der Waals surface area contributed by atoms with Crippen LogP contribution < -0.4 is 0 Å². The first-order valence-electron chi connectivity index (χ1n) is 4.47. The maximum Gasteiger partial charge on any atom is 0.0227 e. The summed E-state index contributed by atoms with van der Waals surface area (Å²) in [5.74, 6) is 0. The molecule has 0 saturated heterocycles. The van der Waals surface area contributed by atoms with Gasteiger partial charge in [0.15, 0.2) is 0 Å². The van der Waals surface area contributed by atoms with Crippen molar-refractivity contribution in [2.45, 2.75) is 20.4 Å². The molecule has 76 valence electrons. The molecule has 1 rings (SSSR count). The highest BCUT2D eigenvalue weighted by atomic mass is 35.5. The van der Waals surface area contributed by atoms with Gasteiger partial charge in [-0.1, -0.05) is 44.2 Å². The summed E-state index contributed by atoms with van der Waals surface area (Å²) in [5.41, 5.74) is 1.37. The maximum absolute atomic E-state index is 2.16. The van der Waals surface area contributed by atoms with Gasteiger partial charge in [-0.25, -0.2) is 0 Å². The lowest BCUT2D eigenvalue weighted by atomic mass is 10.2. The van der Waals surface area contributed by atoms with Gasteiger partial charge in [0, 0.05) is 6.54 Å². The molecule has 0 N–H and O–H groups in total. The number of halogens is 1. The number of benzene rings is 1. The van der Waals surface area contributed by atoms with E-state index in [4.69, 9.17) is 0 Å². The average molecular weight is 202 g/mol. The van der Waals surface area contributed by atoms with Crippen molar-refractivity contribution >= 4 is 12.4 Å². The van der Waals surface area contributed by atoms with Crippen molar-refractivity contribution in [3.63, 3.8) is 0 Å². The Labute approximate surface area is 88.2 Å². The zero-order valence-electron chi connectivity index (χ0n) is 8.95. The van der Waals surface area contributed by atoms with Gasteiger partial charge in [-0.05, 0) is 19.7 Å². The van der Waals surface area contributed by atoms with Gasteiger partial charge in [0.1, 0.15) is 0 Å². The quantitative estimate of drug-likeness (QED) is 0.711. The summed E-state index contributed by atoms with van der Waals surface area (Å²) in [6.07, 6.45) is 0. The van der Waals surface area contributed by atoms with Gasteiger partial charge in [-0.2, -0.15) is 0 Å². The van der Waals surface area contributed by atoms with Gasteiger partial charge < -0.3 is 4.90 Å². The normalized spacial score (nSPS) is 8.38. The van der Waals surface area contributed by atoms with Gasteiger partial charge in [0.2, 0.25) is 0 Å². The van der Waals surface area contributed by atoms with Crippen LogP contribution in [-0.2, 0) is 6.54 Å². The Bertz CT molecular complexity index is 185. The Kier molecular flexibility index (Phi) is 11.0. The lowest BCUT2D eigenvalue weighted by molar-refractivity contribution is 0.402. The Balaban J connectivity index is 0. The van der Waals surface area contributed by atoms with Crippen LogP contribution in [0.4, 0.5) is 0 Å². The summed E-state index contributed by atoms with van der Waals surface area (Å²) >= 11 is 0. The molecule has 0 heterocycles. The van der Waals surface area contributed by atoms with Gasteiger partial charge in [-0.15, -0.1) is 12.4 Å². The molecule has 0 amide bonds. The number of nitrogens with zero attached hydrogens (tertiary/aromatic N) is 1. The second-order valence-electron chi connectivity index (χ2n) is 2.72. The molecule has 13 heavy (non-hydrogen) atoms. The van der Waals surface area contributed by atoms with Gasteiger partial charge in [-0.3, -0.25) is 0 Å². The molecule has 0 aliphatic rings. The third kappa shape index (κ3) is 7.82. The lowest BCUT2D eigenvalue weighted by Crippen LogP contribution is -2.10. The molecule has 1 nitrogen and oxygen atoms in total. The third-order valence-corrected chi connectivity index (χ3v) is 1.34. The summed E-state index contributed by atoms with van der Waals surface area (Å²) in [5, 5.41) is 0. The minimum atomic E-state index is 0. The second kappa shape index (κ2) is 9.56. The molecular formula is C11H20ClN. The van der Waals surface area contributed by atoms with E-state index in [-0.39, 0.29) is 12.4 Å². The first-order valence-corrected chi connectivity index (χ1v) is 4.47. The highest BCUT2D eigenvalue weighted by molar-refractivity contribution is 5.85. The third-order valence-electron chi connectivity index (χ3n) is 1.34. The predicted molar refractivity (Wildman–Crippen MR) is 62.4 cm³/mol. The number of rotatable bonds is 2. The van der Waals surface area contributed by atoms with Crippen LogP contribution in [0, 0.1) is 0 Å². The fourth-order valence-electron chi connectivity index (χ4n) is 0.949. The van der Waals surface area contributed by atoms with Crippen LogP contribution in [-0.4, -0.2) is 19.0 Å². The van der Waals surface area contributed by atoms with E-state index in [9.17, 15) is 0 Å². The van der Waals surface area contributed by atoms with Crippen molar-refractivity contribution < 1.29 is 0 Å². The highest BCUT2D eigenvalue weighted by Crippen LogP contribution is 1.99. The van der Waals surface area contributed by atoms with E-state index < -0.39 is 0 Å². The molecule has 0 bridgehead atoms. The molecule has 0 aliphatic heterocycles. The highest BCUT2D eigenvalue weighted by Gasteiger charge is 1.90. The van der Waals surface area contributed by atoms with E-state index >= 15 is 0 Å². The zero-order chi connectivity index (χ0) is 9.40. The molecule has 2 heteroatoms. The Morgan fingerprint density at radius 1 is 1.00 bits per heavy atom. The fraction of sp³-hybridized carbons (Fsp3) is 0.455. The van der Waals surface area contributed by atoms with Gasteiger partial charge >= 0.3 is 0 Å². The molecular weight excluding hydrogens is 182 g/mol. The molecule has 0 aromatic heterocycles. The van der Waals surface area contributed by atoms with Crippen molar-refractivity contribution in [3.8, 4) is 0 Å². The smallest absolute Gasteiger partial charge is 0.0227 e. The van der Waals surface area contributed by atoms with Crippen LogP contribution in [0.2, 0.25) is 0 Å². The molecule has 0 aliphatic carbocycles. The van der Waals surface area contributed by atoms with Gasteiger partial charge in [0.25, 0.3) is 0 Å². The van der Waals surface area contributed by atoms with Crippen molar-refractivity contribution in [2.75, 3.05) is 14.1 Å². The van der Waals surface area contributed by atoms with Gasteiger partial charge in [0.05, 0.1) is 0 Å². The zero-order valence-corrected chi connectivity index (χ0v) is 9.77. The predicted octanol–water partition coefficient (Wildman–Crippen LogP) is 3.20. The monoisotopic (exact) mass is 201 g/mol. The molecule has 0 atom stereocenters. The minimum absolute atomic E-state index is 0. The maximum atomic E-state index is 2.16. The van der Waals surface area contributed by atoms with Crippen LogP contribution in [0.5, 0.6) is 0 Å². The van der Waals surface area contributed by atoms with Crippen LogP contribution in [0.1, 0.15) is 19.4 Å². The number of hydrogen-bond donors (Lipinski definition) is 0. The van der Waals surface area contributed by atoms with Crippen molar-refractivity contribution in [1.82, 2.24) is 4.90 Å². The van der Waals surface area contributed by atoms with Crippen LogP contribution in [0.15, 0.2) is 30.3 Å². The van der Waals surface area contributed by atoms with E-state index in [0.29, 0.717) is 0 Å². The summed E-state index contributed by atoms with van der Waals surface area (Å²) in [6.45, 7) is 5.03. The molecule has 0 radical (unpaired) electrons. The number of hydrogen-bond acceptors (Lipinski definition) is 1. The Morgan fingerprint density at radius 2 is 1.46 bits per heavy atom. The second-order valence-corrected chi connectivity index (χ2v) is 2.72. The molecule has 1 aromatic rings. The Hall–Kier alpha value is -0.530. The SMILES string of the molecule is CC.CN(C)Cc1ccccc1.Cl. The van der Waals surface area contributed by atoms with Crippen LogP contribution >= 0.6 is 12.4 Å². The van der Waals surface area contributed by atoms with E-state index in [0.717, 1.165) is 6.54 Å². The average Bonchev–Trinajstić information content (AvgIpc) is 2.08. The van der Waals surface area contributed by atoms with E-state index in [1.807, 2.05) is 19.9 Å². The molecule has 0 fully saturated rings. The first-order chi connectivity index (χ1) is 5.79. The van der Waals surface area contributed by atoms with Crippen LogP contribution in [0.3, 0.4) is 0 Å². The summed E-state index contributed by atoms with van der Waals surface area (Å²) < 4.78 is 0. The summed E-state index contributed by atoms with van der Waals surface area (Å²) in [4.78, 5) is 2.16. The van der Waals surface area contributed by atoms with Crippen molar-refractivity contribution in [1.29, 1.82) is 0 Å². The lowest BCUT2D eigenvalue weighted by Gasteiger charge is -2.08. The summed E-state index contributed by atoms with van der Waals surface area (Å²) in [7, 11) is 4.15. The van der Waals surface area contributed by atoms with Crippen LogP contribution in [0.25, 0.3) is 0 Å².